The molecular weight excluding hydrogens is 288 g/mol. The minimum Gasteiger partial charge on any atom is -0.375 e. The van der Waals surface area contributed by atoms with Gasteiger partial charge in [-0.3, -0.25) is 4.98 Å². The van der Waals surface area contributed by atoms with Crippen molar-refractivity contribution in [1.82, 2.24) is 13.7 Å². The van der Waals surface area contributed by atoms with E-state index in [-0.39, 0.29) is 6.04 Å². The molecule has 0 fully saturated rings. The zero-order valence-corrected chi connectivity index (χ0v) is 11.8. The molecule has 0 aliphatic rings. The fraction of sp³-hybridized carbons (Fsp3) is 0.182. The molecule has 2 aromatic heterocycles. The fourth-order valence-corrected chi connectivity index (χ4v) is 3.07. The molecule has 1 unspecified atom stereocenters. The maximum atomic E-state index is 6.23. The molecule has 3 aromatic rings. The van der Waals surface area contributed by atoms with E-state index in [9.17, 15) is 0 Å². The molecule has 1 atom stereocenters. The van der Waals surface area contributed by atoms with Crippen LogP contribution in [0, 0.1) is 0 Å². The number of anilines is 1. The lowest BCUT2D eigenvalue weighted by molar-refractivity contribution is 0.905. The second-order valence-electron chi connectivity index (χ2n) is 3.82. The number of nitrogens with zero attached hydrogens (tertiary/aromatic N) is 3. The fourth-order valence-electron chi connectivity index (χ4n) is 1.69. The van der Waals surface area contributed by atoms with E-state index in [1.54, 1.807) is 11.3 Å². The summed E-state index contributed by atoms with van der Waals surface area (Å²) in [5, 5.41) is 4.04. The van der Waals surface area contributed by atoms with Crippen LogP contribution < -0.4 is 5.32 Å². The third kappa shape index (κ3) is 2.07. The average molecular weight is 297 g/mol. The van der Waals surface area contributed by atoms with Gasteiger partial charge in [-0.2, -0.15) is 8.75 Å². The lowest BCUT2D eigenvalue weighted by Crippen LogP contribution is -2.05. The Labute approximate surface area is 117 Å². The number of fused-ring (bicyclic) bond motifs is 1. The molecule has 7 heteroatoms. The summed E-state index contributed by atoms with van der Waals surface area (Å²) in [7, 11) is 0. The highest BCUT2D eigenvalue weighted by Gasteiger charge is 2.14. The topological polar surface area (TPSA) is 50.7 Å². The summed E-state index contributed by atoms with van der Waals surface area (Å²) < 4.78 is 8.50. The molecule has 0 amide bonds. The number of hydrogen-bond acceptors (Lipinski definition) is 6. The molecular formula is C11H9ClN4S2. The minimum atomic E-state index is 0.141. The second-order valence-corrected chi connectivity index (χ2v) is 5.68. The molecule has 0 saturated carbocycles. The molecule has 0 aliphatic carbocycles. The van der Waals surface area contributed by atoms with E-state index in [0.29, 0.717) is 5.02 Å². The van der Waals surface area contributed by atoms with Crippen molar-refractivity contribution in [2.75, 3.05) is 5.32 Å². The monoisotopic (exact) mass is 296 g/mol. The number of halogens is 1. The Morgan fingerprint density at radius 1 is 1.33 bits per heavy atom. The Bertz CT molecular complexity index is 665. The van der Waals surface area contributed by atoms with Crippen LogP contribution in [0.2, 0.25) is 5.02 Å². The molecule has 0 aliphatic heterocycles. The number of aromatic nitrogens is 3. The van der Waals surface area contributed by atoms with Gasteiger partial charge in [0.15, 0.2) is 0 Å². The average Bonchev–Trinajstić information content (AvgIpc) is 3.02. The first kappa shape index (κ1) is 11.8. The Balaban J connectivity index is 1.99. The van der Waals surface area contributed by atoms with E-state index in [1.165, 1.54) is 11.7 Å². The SMILES string of the molecule is CC(Nc1c(Cl)ccc2nsnc12)c1cncs1. The molecule has 92 valence electrons. The molecule has 0 radical (unpaired) electrons. The van der Waals surface area contributed by atoms with Gasteiger partial charge in [-0.15, -0.1) is 11.3 Å². The van der Waals surface area contributed by atoms with E-state index in [1.807, 2.05) is 23.8 Å². The van der Waals surface area contributed by atoms with Gasteiger partial charge < -0.3 is 5.32 Å². The van der Waals surface area contributed by atoms with Gasteiger partial charge in [0.2, 0.25) is 0 Å². The summed E-state index contributed by atoms with van der Waals surface area (Å²) in [6, 6.07) is 3.86. The summed E-state index contributed by atoms with van der Waals surface area (Å²) in [5.41, 5.74) is 4.34. The van der Waals surface area contributed by atoms with Crippen molar-refractivity contribution in [2.24, 2.45) is 0 Å². The van der Waals surface area contributed by atoms with Crippen molar-refractivity contribution in [2.45, 2.75) is 13.0 Å². The van der Waals surface area contributed by atoms with Gasteiger partial charge in [0.1, 0.15) is 11.0 Å². The van der Waals surface area contributed by atoms with Crippen LogP contribution in [0.1, 0.15) is 17.8 Å². The second kappa shape index (κ2) is 4.79. The molecule has 0 spiro atoms. The van der Waals surface area contributed by atoms with Gasteiger partial charge in [-0.05, 0) is 19.1 Å². The number of rotatable bonds is 3. The summed E-state index contributed by atoms with van der Waals surface area (Å²) in [4.78, 5) is 5.24. The standard InChI is InChI=1S/C11H9ClN4S2/c1-6(9-4-13-5-17-9)14-10-7(12)2-3-8-11(10)16-18-15-8/h2-6,14H,1H3. The van der Waals surface area contributed by atoms with E-state index >= 15 is 0 Å². The molecule has 1 aromatic carbocycles. The minimum absolute atomic E-state index is 0.141. The Morgan fingerprint density at radius 2 is 2.22 bits per heavy atom. The van der Waals surface area contributed by atoms with Crippen molar-refractivity contribution in [1.29, 1.82) is 0 Å². The smallest absolute Gasteiger partial charge is 0.129 e. The van der Waals surface area contributed by atoms with Gasteiger partial charge in [0.25, 0.3) is 0 Å². The number of hydrogen-bond donors (Lipinski definition) is 1. The molecule has 2 heterocycles. The molecule has 3 rings (SSSR count). The molecule has 18 heavy (non-hydrogen) atoms. The van der Waals surface area contributed by atoms with Crippen LogP contribution in [0.25, 0.3) is 11.0 Å². The number of thiazole rings is 1. The van der Waals surface area contributed by atoms with Crippen LogP contribution >= 0.6 is 34.7 Å². The van der Waals surface area contributed by atoms with E-state index in [2.05, 4.69) is 26.0 Å². The van der Waals surface area contributed by atoms with E-state index < -0.39 is 0 Å². The summed E-state index contributed by atoms with van der Waals surface area (Å²) in [6.45, 7) is 2.07. The van der Waals surface area contributed by atoms with E-state index in [0.717, 1.165) is 21.6 Å². The predicted octanol–water partition coefficient (Wildman–Crippen LogP) is 3.97. The van der Waals surface area contributed by atoms with Crippen LogP contribution in [-0.4, -0.2) is 13.7 Å². The zero-order chi connectivity index (χ0) is 12.5. The highest BCUT2D eigenvalue weighted by molar-refractivity contribution is 7.09. The van der Waals surface area contributed by atoms with Crippen molar-refractivity contribution >= 4 is 51.4 Å². The lowest BCUT2D eigenvalue weighted by atomic mass is 10.2. The first-order valence-electron chi connectivity index (χ1n) is 5.31. The van der Waals surface area contributed by atoms with Crippen LogP contribution in [0.5, 0.6) is 0 Å². The number of benzene rings is 1. The first-order chi connectivity index (χ1) is 8.75. The van der Waals surface area contributed by atoms with Gasteiger partial charge in [0.05, 0.1) is 34.0 Å². The summed E-state index contributed by atoms with van der Waals surface area (Å²) in [6.07, 6.45) is 1.86. The van der Waals surface area contributed by atoms with Crippen LogP contribution in [0.4, 0.5) is 5.69 Å². The highest BCUT2D eigenvalue weighted by Crippen LogP contribution is 2.33. The largest absolute Gasteiger partial charge is 0.375 e. The number of nitrogens with one attached hydrogen (secondary N) is 1. The molecule has 0 bridgehead atoms. The molecule has 0 saturated heterocycles. The van der Waals surface area contributed by atoms with Crippen LogP contribution in [-0.2, 0) is 0 Å². The normalized spacial score (nSPS) is 12.8. The summed E-state index contributed by atoms with van der Waals surface area (Å²) in [5.74, 6) is 0. The van der Waals surface area contributed by atoms with Crippen LogP contribution in [0.15, 0.2) is 23.8 Å². The Kier molecular flexibility index (Phi) is 3.15. The maximum absolute atomic E-state index is 6.23. The van der Waals surface area contributed by atoms with Crippen molar-refractivity contribution in [3.05, 3.63) is 33.7 Å². The van der Waals surface area contributed by atoms with Gasteiger partial charge in [-0.1, -0.05) is 11.6 Å². The van der Waals surface area contributed by atoms with Gasteiger partial charge in [-0.25, -0.2) is 0 Å². The van der Waals surface area contributed by atoms with Crippen molar-refractivity contribution < 1.29 is 0 Å². The molecule has 1 N–H and O–H groups in total. The Morgan fingerprint density at radius 3 is 3.00 bits per heavy atom. The van der Waals surface area contributed by atoms with Crippen LogP contribution in [0.3, 0.4) is 0 Å². The van der Waals surface area contributed by atoms with E-state index in [4.69, 9.17) is 11.6 Å². The quantitative estimate of drug-likeness (QED) is 0.794. The molecule has 4 nitrogen and oxygen atoms in total. The van der Waals surface area contributed by atoms with Gasteiger partial charge in [0, 0.05) is 11.1 Å². The van der Waals surface area contributed by atoms with Crippen molar-refractivity contribution in [3.8, 4) is 0 Å². The van der Waals surface area contributed by atoms with Crippen molar-refractivity contribution in [3.63, 3.8) is 0 Å². The first-order valence-corrected chi connectivity index (χ1v) is 7.30. The Hall–Kier alpha value is -1.24. The third-order valence-corrected chi connectivity index (χ3v) is 4.43. The predicted molar refractivity (Wildman–Crippen MR) is 76.6 cm³/mol. The summed E-state index contributed by atoms with van der Waals surface area (Å²) >= 11 is 9.03. The maximum Gasteiger partial charge on any atom is 0.129 e. The third-order valence-electron chi connectivity index (χ3n) is 2.62. The van der Waals surface area contributed by atoms with Gasteiger partial charge >= 0.3 is 0 Å². The highest BCUT2D eigenvalue weighted by atomic mass is 35.5. The lowest BCUT2D eigenvalue weighted by Gasteiger charge is -2.14. The zero-order valence-electron chi connectivity index (χ0n) is 9.42.